The molecule has 3 aromatic rings. The Labute approximate surface area is 170 Å². The average Bonchev–Trinajstić information content (AvgIpc) is 2.95. The van der Waals surface area contributed by atoms with Crippen molar-refractivity contribution < 1.29 is 9.47 Å². The van der Waals surface area contributed by atoms with Crippen LogP contribution in [0.5, 0.6) is 5.75 Å². The van der Waals surface area contributed by atoms with Crippen LogP contribution >= 0.6 is 15.9 Å². The standard InChI is InChI=1S/C14H21BrN2OSi.C7H6O/c1-11-16-13-6-5-12(15)9-14(13)17(11)10-18-7-8-19(2,3)4;1-3-7-4-2-6(1)5-8-7/h5-6,9H,7-8,10H2,1-4H3;1-4H,5H2. The van der Waals surface area contributed by atoms with Gasteiger partial charge in [0.25, 0.3) is 0 Å². The van der Waals surface area contributed by atoms with E-state index in [1.54, 1.807) is 0 Å². The van der Waals surface area contributed by atoms with E-state index >= 15 is 0 Å². The predicted octanol–water partition coefficient (Wildman–Crippen LogP) is 6.00. The van der Waals surface area contributed by atoms with Gasteiger partial charge in [-0.1, -0.05) is 47.7 Å². The number of benzene rings is 2. The molecule has 0 unspecified atom stereocenters. The molecule has 2 aliphatic rings. The molecular formula is C21H27BrN2O2Si. The Morgan fingerprint density at radius 2 is 1.89 bits per heavy atom. The molecule has 2 aromatic carbocycles. The highest BCUT2D eigenvalue weighted by atomic mass is 79.9. The topological polar surface area (TPSA) is 36.3 Å². The van der Waals surface area contributed by atoms with Crippen LogP contribution in [0.3, 0.4) is 0 Å². The van der Waals surface area contributed by atoms with Crippen molar-refractivity contribution in [2.75, 3.05) is 6.61 Å². The van der Waals surface area contributed by atoms with Crippen molar-refractivity contribution in [3.63, 3.8) is 0 Å². The van der Waals surface area contributed by atoms with Crippen molar-refractivity contribution in [2.45, 2.75) is 45.9 Å². The molecule has 2 aliphatic heterocycles. The molecule has 0 radical (unpaired) electrons. The molecule has 0 amide bonds. The zero-order valence-electron chi connectivity index (χ0n) is 16.5. The summed E-state index contributed by atoms with van der Waals surface area (Å²) < 4.78 is 14.2. The molecule has 4 nitrogen and oxygen atoms in total. The monoisotopic (exact) mass is 446 g/mol. The summed E-state index contributed by atoms with van der Waals surface area (Å²) in [4.78, 5) is 4.55. The fraction of sp³-hybridized carbons (Fsp3) is 0.381. The number of ether oxygens (including phenoxy) is 2. The SMILES string of the molecule is Cc1nc2ccc(Br)cc2n1COCC[Si](C)(C)C.c1cc2ccc1CO2. The molecule has 0 spiro atoms. The van der Waals surface area contributed by atoms with E-state index in [4.69, 9.17) is 9.47 Å². The molecule has 0 atom stereocenters. The Balaban J connectivity index is 0.000000216. The molecule has 0 saturated carbocycles. The molecule has 0 N–H and O–H groups in total. The summed E-state index contributed by atoms with van der Waals surface area (Å²) >= 11 is 3.51. The summed E-state index contributed by atoms with van der Waals surface area (Å²) in [6, 6.07) is 15.5. The summed E-state index contributed by atoms with van der Waals surface area (Å²) in [5.41, 5.74) is 3.41. The van der Waals surface area contributed by atoms with Gasteiger partial charge in [0.15, 0.2) is 0 Å². The van der Waals surface area contributed by atoms with Gasteiger partial charge in [0.1, 0.15) is 24.9 Å². The van der Waals surface area contributed by atoms with Crippen LogP contribution in [0.4, 0.5) is 0 Å². The van der Waals surface area contributed by atoms with Crippen molar-refractivity contribution in [3.8, 4) is 5.75 Å². The second-order valence-electron chi connectivity index (χ2n) is 8.00. The van der Waals surface area contributed by atoms with Crippen LogP contribution in [0.2, 0.25) is 25.7 Å². The lowest BCUT2D eigenvalue weighted by Crippen LogP contribution is -2.22. The average molecular weight is 447 g/mol. The predicted molar refractivity (Wildman–Crippen MR) is 117 cm³/mol. The summed E-state index contributed by atoms with van der Waals surface area (Å²) in [5.74, 6) is 1.99. The van der Waals surface area contributed by atoms with Crippen LogP contribution < -0.4 is 4.74 Å². The number of imidazole rings is 1. The molecule has 6 heteroatoms. The maximum atomic E-state index is 5.83. The molecule has 144 valence electrons. The number of hydrogen-bond acceptors (Lipinski definition) is 3. The first-order valence-corrected chi connectivity index (χ1v) is 13.7. The van der Waals surface area contributed by atoms with Crippen molar-refractivity contribution in [3.05, 3.63) is 58.3 Å². The Morgan fingerprint density at radius 1 is 1.15 bits per heavy atom. The third kappa shape index (κ3) is 5.67. The van der Waals surface area contributed by atoms with Crippen LogP contribution in [0.1, 0.15) is 11.4 Å². The highest BCUT2D eigenvalue weighted by Crippen LogP contribution is 2.21. The van der Waals surface area contributed by atoms with Crippen molar-refractivity contribution in [2.24, 2.45) is 0 Å². The number of halogens is 1. The minimum Gasteiger partial charge on any atom is -0.489 e. The van der Waals surface area contributed by atoms with E-state index in [1.807, 2.05) is 31.2 Å². The van der Waals surface area contributed by atoms with Gasteiger partial charge in [-0.15, -0.1) is 0 Å². The van der Waals surface area contributed by atoms with Gasteiger partial charge in [-0.25, -0.2) is 4.98 Å². The Morgan fingerprint density at radius 3 is 2.41 bits per heavy atom. The second kappa shape index (κ2) is 8.58. The molecular weight excluding hydrogens is 420 g/mol. The van der Waals surface area contributed by atoms with Gasteiger partial charge in [0, 0.05) is 19.2 Å². The van der Waals surface area contributed by atoms with Gasteiger partial charge in [-0.2, -0.15) is 0 Å². The smallest absolute Gasteiger partial charge is 0.124 e. The zero-order chi connectivity index (χ0) is 19.4. The fourth-order valence-electron chi connectivity index (χ4n) is 2.76. The Hall–Kier alpha value is -1.63. The normalized spacial score (nSPS) is 12.6. The van der Waals surface area contributed by atoms with Gasteiger partial charge >= 0.3 is 0 Å². The van der Waals surface area contributed by atoms with Crippen LogP contribution in [0, 0.1) is 6.92 Å². The lowest BCUT2D eigenvalue weighted by Gasteiger charge is -2.16. The first-order chi connectivity index (χ1) is 12.8. The van der Waals surface area contributed by atoms with Crippen LogP contribution in [0.25, 0.3) is 11.0 Å². The van der Waals surface area contributed by atoms with E-state index in [0.29, 0.717) is 6.73 Å². The molecule has 0 aliphatic carbocycles. The summed E-state index contributed by atoms with van der Waals surface area (Å²) in [5, 5.41) is 0. The van der Waals surface area contributed by atoms with Crippen LogP contribution in [0.15, 0.2) is 46.9 Å². The van der Waals surface area contributed by atoms with E-state index in [2.05, 4.69) is 63.3 Å². The number of nitrogens with zero attached hydrogens (tertiary/aromatic N) is 2. The number of fused-ring (bicyclic) bond motifs is 4. The van der Waals surface area contributed by atoms with E-state index in [1.165, 1.54) is 11.6 Å². The Kier molecular flexibility index (Phi) is 6.39. The molecule has 5 rings (SSSR count). The van der Waals surface area contributed by atoms with Crippen molar-refractivity contribution in [1.82, 2.24) is 9.55 Å². The van der Waals surface area contributed by atoms with Gasteiger partial charge in [-0.05, 0) is 48.9 Å². The van der Waals surface area contributed by atoms with Gasteiger partial charge < -0.3 is 14.0 Å². The van der Waals surface area contributed by atoms with Crippen molar-refractivity contribution in [1.29, 1.82) is 0 Å². The Bertz CT molecular complexity index is 878. The van der Waals surface area contributed by atoms with Crippen LogP contribution in [-0.2, 0) is 18.1 Å². The lowest BCUT2D eigenvalue weighted by atomic mass is 10.2. The van der Waals surface area contributed by atoms with Crippen molar-refractivity contribution >= 4 is 35.0 Å². The maximum Gasteiger partial charge on any atom is 0.124 e. The van der Waals surface area contributed by atoms with Gasteiger partial charge in [-0.3, -0.25) is 0 Å². The maximum absolute atomic E-state index is 5.83. The van der Waals surface area contributed by atoms with Gasteiger partial charge in [0.2, 0.25) is 0 Å². The fourth-order valence-corrected chi connectivity index (χ4v) is 3.87. The van der Waals surface area contributed by atoms with E-state index in [0.717, 1.165) is 40.3 Å². The van der Waals surface area contributed by atoms with Crippen LogP contribution in [-0.4, -0.2) is 24.2 Å². The summed E-state index contributed by atoms with van der Waals surface area (Å²) in [7, 11) is -1.01. The van der Waals surface area contributed by atoms with E-state index in [9.17, 15) is 0 Å². The second-order valence-corrected chi connectivity index (χ2v) is 14.5. The van der Waals surface area contributed by atoms with E-state index < -0.39 is 8.07 Å². The molecule has 27 heavy (non-hydrogen) atoms. The van der Waals surface area contributed by atoms with Gasteiger partial charge in [0.05, 0.1) is 11.0 Å². The largest absolute Gasteiger partial charge is 0.489 e. The summed E-state index contributed by atoms with van der Waals surface area (Å²) in [6.07, 6.45) is 0. The quantitative estimate of drug-likeness (QED) is 0.356. The number of aromatic nitrogens is 2. The number of hydrogen-bond donors (Lipinski definition) is 0. The summed E-state index contributed by atoms with van der Waals surface area (Å²) in [6.45, 7) is 11.3. The molecule has 1 aromatic heterocycles. The zero-order valence-corrected chi connectivity index (χ0v) is 19.0. The first kappa shape index (κ1) is 20.1. The highest BCUT2D eigenvalue weighted by molar-refractivity contribution is 9.10. The lowest BCUT2D eigenvalue weighted by molar-refractivity contribution is 0.0885. The number of rotatable bonds is 5. The first-order valence-electron chi connectivity index (χ1n) is 9.24. The minimum absolute atomic E-state index is 0.587. The highest BCUT2D eigenvalue weighted by Gasteiger charge is 2.13. The van der Waals surface area contributed by atoms with E-state index in [-0.39, 0.29) is 0 Å². The molecule has 3 heterocycles. The minimum atomic E-state index is -1.01. The molecule has 0 saturated heterocycles. The molecule has 0 fully saturated rings. The molecule has 2 bridgehead atoms. The third-order valence-electron chi connectivity index (χ3n) is 4.45. The number of aryl methyl sites for hydroxylation is 1. The third-order valence-corrected chi connectivity index (χ3v) is 6.64.